The number of rotatable bonds is 8. The quantitative estimate of drug-likeness (QED) is 0.338. The third-order valence-electron chi connectivity index (χ3n) is 6.98. The number of amides is 1. The summed E-state index contributed by atoms with van der Waals surface area (Å²) in [7, 11) is 1.56. The van der Waals surface area contributed by atoms with Crippen LogP contribution in [0.2, 0.25) is 0 Å². The first-order chi connectivity index (χ1) is 18.1. The second-order valence-electron chi connectivity index (χ2n) is 9.33. The molecule has 1 saturated carbocycles. The summed E-state index contributed by atoms with van der Waals surface area (Å²) in [6, 6.07) is 15.2. The molecule has 0 aliphatic heterocycles. The molecule has 5 rings (SSSR count). The van der Waals surface area contributed by atoms with Gasteiger partial charge in [-0.05, 0) is 37.5 Å². The maximum atomic E-state index is 12.7. The smallest absolute Gasteiger partial charge is 0.255 e. The molecule has 8 heteroatoms. The third-order valence-corrected chi connectivity index (χ3v) is 6.98. The zero-order valence-corrected chi connectivity index (χ0v) is 21.4. The van der Waals surface area contributed by atoms with Crippen LogP contribution in [0.25, 0.3) is 16.8 Å². The third kappa shape index (κ3) is 4.96. The summed E-state index contributed by atoms with van der Waals surface area (Å²) < 4.78 is 13.3. The van der Waals surface area contributed by atoms with Crippen LogP contribution in [0.4, 0.5) is 5.82 Å². The van der Waals surface area contributed by atoms with Crippen LogP contribution in [0.1, 0.15) is 66.7 Å². The molecule has 0 radical (unpaired) electrons. The molecular weight excluding hydrogens is 466 g/mol. The number of para-hydroxylation sites is 1. The van der Waals surface area contributed by atoms with Crippen LogP contribution >= 0.6 is 0 Å². The largest absolute Gasteiger partial charge is 0.496 e. The van der Waals surface area contributed by atoms with Gasteiger partial charge in [-0.15, -0.1) is 0 Å². The van der Waals surface area contributed by atoms with Crippen LogP contribution in [-0.2, 0) is 6.54 Å². The molecule has 2 aromatic heterocycles. The first kappa shape index (κ1) is 24.6. The van der Waals surface area contributed by atoms with Gasteiger partial charge >= 0.3 is 0 Å². The van der Waals surface area contributed by atoms with Crippen LogP contribution in [-0.4, -0.2) is 34.0 Å². The Balaban J connectivity index is 1.44. The van der Waals surface area contributed by atoms with Gasteiger partial charge < -0.3 is 20.5 Å². The zero-order chi connectivity index (χ0) is 25.8. The number of imidazole rings is 1. The molecule has 0 unspecified atom stereocenters. The predicted molar refractivity (Wildman–Crippen MR) is 144 cm³/mol. The minimum atomic E-state index is -0.180. The van der Waals surface area contributed by atoms with Gasteiger partial charge in [-0.2, -0.15) is 0 Å². The Hall–Kier alpha value is -4.07. The number of anilines is 1. The van der Waals surface area contributed by atoms with E-state index in [-0.39, 0.29) is 5.91 Å². The molecule has 2 aromatic carbocycles. The SMILES string of the molecule is CCOc1cnc(N)c2c(-c3ccc(CNC(=O)c4ccccc4OC)cc3)nc(C3CCCCC3)n12. The second kappa shape index (κ2) is 10.9. The lowest BCUT2D eigenvalue weighted by molar-refractivity contribution is 0.0948. The predicted octanol–water partition coefficient (Wildman–Crippen LogP) is 5.36. The van der Waals surface area contributed by atoms with Crippen molar-refractivity contribution < 1.29 is 14.3 Å². The molecule has 1 fully saturated rings. The summed E-state index contributed by atoms with van der Waals surface area (Å²) in [6.07, 6.45) is 7.58. The fraction of sp³-hybridized carbons (Fsp3) is 0.345. The summed E-state index contributed by atoms with van der Waals surface area (Å²) >= 11 is 0. The Bertz CT molecular complexity index is 1390. The van der Waals surface area contributed by atoms with E-state index in [0.717, 1.165) is 41.0 Å². The number of hydrogen-bond donors (Lipinski definition) is 2. The second-order valence-corrected chi connectivity index (χ2v) is 9.33. The van der Waals surface area contributed by atoms with Gasteiger partial charge in [-0.25, -0.2) is 9.97 Å². The number of nitrogens with two attached hydrogens (primary N) is 1. The van der Waals surface area contributed by atoms with Gasteiger partial charge in [0.05, 0.1) is 25.5 Å². The topological polar surface area (TPSA) is 104 Å². The molecular formula is C29H33N5O3. The highest BCUT2D eigenvalue weighted by Crippen LogP contribution is 2.38. The summed E-state index contributed by atoms with van der Waals surface area (Å²) in [6.45, 7) is 2.89. The Morgan fingerprint density at radius 3 is 2.59 bits per heavy atom. The molecule has 0 bridgehead atoms. The number of nitrogen functional groups attached to an aromatic ring is 1. The van der Waals surface area contributed by atoms with Crippen LogP contribution in [0.5, 0.6) is 11.6 Å². The molecule has 0 saturated heterocycles. The minimum Gasteiger partial charge on any atom is -0.496 e. The highest BCUT2D eigenvalue weighted by molar-refractivity contribution is 5.96. The Morgan fingerprint density at radius 1 is 1.11 bits per heavy atom. The van der Waals surface area contributed by atoms with Gasteiger partial charge in [0.25, 0.3) is 5.91 Å². The van der Waals surface area contributed by atoms with Crippen LogP contribution in [0, 0.1) is 0 Å². The number of fused-ring (bicyclic) bond motifs is 1. The van der Waals surface area contributed by atoms with Crippen molar-refractivity contribution in [1.82, 2.24) is 19.7 Å². The van der Waals surface area contributed by atoms with Crippen LogP contribution in [0.3, 0.4) is 0 Å². The van der Waals surface area contributed by atoms with Crippen molar-refractivity contribution in [2.45, 2.75) is 51.5 Å². The van der Waals surface area contributed by atoms with Gasteiger partial charge in [0.1, 0.15) is 28.6 Å². The van der Waals surface area contributed by atoms with E-state index in [4.69, 9.17) is 20.2 Å². The van der Waals surface area contributed by atoms with E-state index in [2.05, 4.69) is 14.7 Å². The van der Waals surface area contributed by atoms with Crippen molar-refractivity contribution in [3.05, 3.63) is 71.7 Å². The van der Waals surface area contributed by atoms with Gasteiger partial charge in [-0.3, -0.25) is 9.20 Å². The Morgan fingerprint density at radius 2 is 1.86 bits per heavy atom. The minimum absolute atomic E-state index is 0.180. The molecule has 4 aromatic rings. The lowest BCUT2D eigenvalue weighted by Crippen LogP contribution is -2.23. The highest BCUT2D eigenvalue weighted by Gasteiger charge is 2.26. The number of methoxy groups -OCH3 is 1. The summed E-state index contributed by atoms with van der Waals surface area (Å²) in [4.78, 5) is 22.2. The molecule has 37 heavy (non-hydrogen) atoms. The summed E-state index contributed by atoms with van der Waals surface area (Å²) in [5, 5.41) is 2.97. The van der Waals surface area contributed by atoms with Crippen molar-refractivity contribution in [2.24, 2.45) is 0 Å². The monoisotopic (exact) mass is 499 g/mol. The number of nitrogens with one attached hydrogen (secondary N) is 1. The number of aromatic nitrogens is 3. The molecule has 1 amide bonds. The van der Waals surface area contributed by atoms with E-state index in [1.54, 1.807) is 25.4 Å². The average molecular weight is 500 g/mol. The van der Waals surface area contributed by atoms with Crippen molar-refractivity contribution in [3.8, 4) is 22.9 Å². The standard InChI is InChI=1S/C29H33N5O3/c1-3-37-24-18-31-27(30)26-25(33-28(34(24)26)21-9-5-4-6-10-21)20-15-13-19(14-16-20)17-32-29(35)22-11-7-8-12-23(22)36-2/h7-8,11-16,18,21H,3-6,9-10,17H2,1-2H3,(H2,30,31)(H,32,35). The van der Waals surface area contributed by atoms with E-state index in [9.17, 15) is 4.79 Å². The molecule has 192 valence electrons. The van der Waals surface area contributed by atoms with Gasteiger partial charge in [0.15, 0.2) is 0 Å². The fourth-order valence-corrected chi connectivity index (χ4v) is 5.12. The van der Waals surface area contributed by atoms with Crippen molar-refractivity contribution in [1.29, 1.82) is 0 Å². The van der Waals surface area contributed by atoms with E-state index < -0.39 is 0 Å². The number of hydrogen-bond acceptors (Lipinski definition) is 6. The highest BCUT2D eigenvalue weighted by atomic mass is 16.5. The molecule has 0 spiro atoms. The Kier molecular flexibility index (Phi) is 7.25. The number of carbonyl (C=O) groups is 1. The fourth-order valence-electron chi connectivity index (χ4n) is 5.12. The molecule has 1 aliphatic carbocycles. The number of nitrogens with zero attached hydrogens (tertiary/aromatic N) is 3. The van der Waals surface area contributed by atoms with Crippen molar-refractivity contribution >= 4 is 17.2 Å². The maximum absolute atomic E-state index is 12.7. The molecule has 1 aliphatic rings. The van der Waals surface area contributed by atoms with Gasteiger partial charge in [0, 0.05) is 18.0 Å². The molecule has 2 heterocycles. The van der Waals surface area contributed by atoms with Gasteiger partial charge in [-0.1, -0.05) is 55.7 Å². The van der Waals surface area contributed by atoms with E-state index in [1.807, 2.05) is 43.3 Å². The van der Waals surface area contributed by atoms with E-state index >= 15 is 0 Å². The first-order valence-corrected chi connectivity index (χ1v) is 12.9. The average Bonchev–Trinajstić information content (AvgIpc) is 3.36. The number of carbonyl (C=O) groups excluding carboxylic acids is 1. The normalized spacial score (nSPS) is 14.0. The summed E-state index contributed by atoms with van der Waals surface area (Å²) in [5.74, 6) is 2.83. The zero-order valence-electron chi connectivity index (χ0n) is 21.4. The Labute approximate surface area is 216 Å². The van der Waals surface area contributed by atoms with Crippen LogP contribution < -0.4 is 20.5 Å². The number of ether oxygens (including phenoxy) is 2. The maximum Gasteiger partial charge on any atom is 0.255 e. The van der Waals surface area contributed by atoms with Crippen molar-refractivity contribution in [2.75, 3.05) is 19.5 Å². The van der Waals surface area contributed by atoms with Gasteiger partial charge in [0.2, 0.25) is 5.88 Å². The van der Waals surface area contributed by atoms with E-state index in [1.165, 1.54) is 19.3 Å². The molecule has 0 atom stereocenters. The van der Waals surface area contributed by atoms with Crippen LogP contribution in [0.15, 0.2) is 54.7 Å². The lowest BCUT2D eigenvalue weighted by Gasteiger charge is -2.21. The summed E-state index contributed by atoms with van der Waals surface area (Å²) in [5.41, 5.74) is 10.4. The lowest BCUT2D eigenvalue weighted by atomic mass is 9.89. The number of benzene rings is 2. The molecule has 8 nitrogen and oxygen atoms in total. The molecule has 3 N–H and O–H groups in total. The first-order valence-electron chi connectivity index (χ1n) is 12.9. The van der Waals surface area contributed by atoms with E-state index in [0.29, 0.717) is 42.1 Å². The van der Waals surface area contributed by atoms with Crippen molar-refractivity contribution in [3.63, 3.8) is 0 Å².